The van der Waals surface area contributed by atoms with E-state index in [1.807, 2.05) is 0 Å². The quantitative estimate of drug-likeness (QED) is 0.701. The molecular weight excluding hydrogens is 186 g/mol. The van der Waals surface area contributed by atoms with Crippen molar-refractivity contribution in [1.29, 1.82) is 0 Å². The van der Waals surface area contributed by atoms with Gasteiger partial charge >= 0.3 is 0 Å². The minimum absolute atomic E-state index is 0.0907. The number of aromatic hydroxyl groups is 1. The second-order valence-corrected chi connectivity index (χ2v) is 2.87. The summed E-state index contributed by atoms with van der Waals surface area (Å²) in [4.78, 5) is 4.70. The lowest BCUT2D eigenvalue weighted by Crippen LogP contribution is -2.10. The summed E-state index contributed by atoms with van der Waals surface area (Å²) in [5.41, 5.74) is 3.54. The molecule has 1 heterocycles. The molecule has 2 N–H and O–H groups in total. The van der Waals surface area contributed by atoms with Gasteiger partial charge in [-0.25, -0.2) is 0 Å². The van der Waals surface area contributed by atoms with Crippen molar-refractivity contribution in [2.45, 2.75) is 6.54 Å². The monoisotopic (exact) mass is 197 g/mol. The molecule has 5 nitrogen and oxygen atoms in total. The van der Waals surface area contributed by atoms with E-state index in [0.29, 0.717) is 18.0 Å². The Labute approximate surface area is 81.2 Å². The number of hydrogen-bond donors (Lipinski definition) is 2. The Balaban J connectivity index is 2.23. The molecule has 0 saturated carbocycles. The van der Waals surface area contributed by atoms with Crippen LogP contribution in [0.1, 0.15) is 5.56 Å². The van der Waals surface area contributed by atoms with Gasteiger partial charge in [0.1, 0.15) is 0 Å². The van der Waals surface area contributed by atoms with E-state index in [2.05, 4.69) is 5.48 Å². The van der Waals surface area contributed by atoms with E-state index in [0.717, 1.165) is 5.56 Å². The van der Waals surface area contributed by atoms with Crippen LogP contribution in [-0.4, -0.2) is 19.0 Å². The van der Waals surface area contributed by atoms with Gasteiger partial charge in [-0.05, 0) is 17.7 Å². The first kappa shape index (κ1) is 9.11. The maximum atomic E-state index is 9.54. The predicted octanol–water partition coefficient (Wildman–Crippen LogP) is 0.772. The lowest BCUT2D eigenvalue weighted by molar-refractivity contribution is 0.0866. The summed E-state index contributed by atoms with van der Waals surface area (Å²) in [6, 6.07) is 3.41. The third-order valence-corrected chi connectivity index (χ3v) is 1.93. The Kier molecular flexibility index (Phi) is 2.43. The van der Waals surface area contributed by atoms with Crippen LogP contribution < -0.4 is 15.0 Å². The molecule has 2 rings (SSSR count). The Bertz CT molecular complexity index is 340. The number of ether oxygens (including phenoxy) is 2. The van der Waals surface area contributed by atoms with Crippen LogP contribution in [-0.2, 0) is 11.4 Å². The van der Waals surface area contributed by atoms with E-state index in [-0.39, 0.29) is 12.5 Å². The summed E-state index contributed by atoms with van der Waals surface area (Å²) in [5.74, 6) is 1.07. The van der Waals surface area contributed by atoms with Gasteiger partial charge in [-0.1, -0.05) is 0 Å². The zero-order chi connectivity index (χ0) is 9.97. The van der Waals surface area contributed by atoms with Gasteiger partial charge in [-0.2, -0.15) is 5.48 Å². The molecule has 0 unspecified atom stereocenters. The maximum Gasteiger partial charge on any atom is 0.231 e. The van der Waals surface area contributed by atoms with Crippen LogP contribution in [0.3, 0.4) is 0 Å². The first-order chi connectivity index (χ1) is 6.81. The van der Waals surface area contributed by atoms with Crippen molar-refractivity contribution in [2.24, 2.45) is 0 Å². The second kappa shape index (κ2) is 3.73. The van der Waals surface area contributed by atoms with Gasteiger partial charge in [0.25, 0.3) is 0 Å². The fourth-order valence-corrected chi connectivity index (χ4v) is 1.30. The molecule has 0 radical (unpaired) electrons. The lowest BCUT2D eigenvalue weighted by atomic mass is 10.2. The van der Waals surface area contributed by atoms with Crippen molar-refractivity contribution in [3.8, 4) is 17.2 Å². The predicted molar refractivity (Wildman–Crippen MR) is 48.1 cm³/mol. The molecule has 0 aliphatic carbocycles. The molecule has 0 bridgehead atoms. The molecule has 14 heavy (non-hydrogen) atoms. The third kappa shape index (κ3) is 1.59. The van der Waals surface area contributed by atoms with E-state index in [4.69, 9.17) is 14.3 Å². The molecule has 1 aromatic carbocycles. The lowest BCUT2D eigenvalue weighted by Gasteiger charge is -2.05. The number of rotatable bonds is 3. The van der Waals surface area contributed by atoms with Crippen molar-refractivity contribution < 1.29 is 19.4 Å². The Morgan fingerprint density at radius 2 is 2.36 bits per heavy atom. The van der Waals surface area contributed by atoms with E-state index < -0.39 is 0 Å². The number of benzene rings is 1. The number of nitrogens with one attached hydrogen (secondary N) is 1. The van der Waals surface area contributed by atoms with Gasteiger partial charge in [0, 0.05) is 6.54 Å². The van der Waals surface area contributed by atoms with Crippen molar-refractivity contribution >= 4 is 0 Å². The largest absolute Gasteiger partial charge is 0.504 e. The van der Waals surface area contributed by atoms with Crippen LogP contribution in [0.5, 0.6) is 17.2 Å². The first-order valence-corrected chi connectivity index (χ1v) is 4.18. The maximum absolute atomic E-state index is 9.54. The third-order valence-electron chi connectivity index (χ3n) is 1.93. The molecule has 0 fully saturated rings. The van der Waals surface area contributed by atoms with Crippen LogP contribution in [0, 0.1) is 0 Å². The SMILES string of the molecule is CONCc1cc(O)c2c(c1)OCO2. The molecule has 76 valence electrons. The van der Waals surface area contributed by atoms with Crippen molar-refractivity contribution in [3.05, 3.63) is 17.7 Å². The van der Waals surface area contributed by atoms with Gasteiger partial charge in [-0.15, -0.1) is 0 Å². The van der Waals surface area contributed by atoms with Crippen LogP contribution in [0.15, 0.2) is 12.1 Å². The molecule has 1 aromatic rings. The number of hydrogen-bond acceptors (Lipinski definition) is 5. The highest BCUT2D eigenvalue weighted by Gasteiger charge is 2.18. The molecule has 5 heteroatoms. The average molecular weight is 197 g/mol. The summed E-state index contributed by atoms with van der Waals surface area (Å²) >= 11 is 0. The summed E-state index contributed by atoms with van der Waals surface area (Å²) in [7, 11) is 1.53. The number of hydroxylamine groups is 1. The normalized spacial score (nSPS) is 13.2. The highest BCUT2D eigenvalue weighted by Crippen LogP contribution is 2.40. The standard InChI is InChI=1S/C9H11NO4/c1-12-10-4-6-2-7(11)9-8(3-6)13-5-14-9/h2-3,10-11H,4-5H2,1H3. The molecule has 0 amide bonds. The van der Waals surface area contributed by atoms with Crippen molar-refractivity contribution in [1.82, 2.24) is 5.48 Å². The molecule has 0 spiro atoms. The Hall–Kier alpha value is -1.46. The molecular formula is C9H11NO4. The van der Waals surface area contributed by atoms with Crippen molar-refractivity contribution in [2.75, 3.05) is 13.9 Å². The first-order valence-electron chi connectivity index (χ1n) is 4.18. The molecule has 1 aliphatic heterocycles. The van der Waals surface area contributed by atoms with Gasteiger partial charge in [-0.3, -0.25) is 0 Å². The van der Waals surface area contributed by atoms with Gasteiger partial charge < -0.3 is 19.4 Å². The minimum atomic E-state index is 0.0907. The zero-order valence-corrected chi connectivity index (χ0v) is 7.74. The van der Waals surface area contributed by atoms with Crippen LogP contribution >= 0.6 is 0 Å². The van der Waals surface area contributed by atoms with Gasteiger partial charge in [0.05, 0.1) is 7.11 Å². The minimum Gasteiger partial charge on any atom is -0.504 e. The molecule has 1 aliphatic rings. The Morgan fingerprint density at radius 1 is 1.50 bits per heavy atom. The number of fused-ring (bicyclic) bond motifs is 1. The van der Waals surface area contributed by atoms with E-state index in [1.54, 1.807) is 12.1 Å². The second-order valence-electron chi connectivity index (χ2n) is 2.87. The fraction of sp³-hybridized carbons (Fsp3) is 0.333. The van der Waals surface area contributed by atoms with Crippen LogP contribution in [0.4, 0.5) is 0 Å². The smallest absolute Gasteiger partial charge is 0.231 e. The molecule has 0 aromatic heterocycles. The van der Waals surface area contributed by atoms with E-state index >= 15 is 0 Å². The summed E-state index contributed by atoms with van der Waals surface area (Å²) < 4.78 is 10.2. The highest BCUT2D eigenvalue weighted by atomic mass is 16.7. The van der Waals surface area contributed by atoms with E-state index in [1.165, 1.54) is 7.11 Å². The number of phenolic OH excluding ortho intramolecular Hbond substituents is 1. The van der Waals surface area contributed by atoms with Gasteiger partial charge in [0.15, 0.2) is 11.5 Å². The fourth-order valence-electron chi connectivity index (χ4n) is 1.30. The van der Waals surface area contributed by atoms with Gasteiger partial charge in [0.2, 0.25) is 12.5 Å². The van der Waals surface area contributed by atoms with Crippen LogP contribution in [0.2, 0.25) is 0 Å². The van der Waals surface area contributed by atoms with Crippen molar-refractivity contribution in [3.63, 3.8) is 0 Å². The zero-order valence-electron chi connectivity index (χ0n) is 7.74. The topological polar surface area (TPSA) is 60.0 Å². The van der Waals surface area contributed by atoms with E-state index in [9.17, 15) is 5.11 Å². The summed E-state index contributed by atoms with van der Waals surface area (Å²) in [6.07, 6.45) is 0. The van der Waals surface area contributed by atoms with Crippen LogP contribution in [0.25, 0.3) is 0 Å². The summed E-state index contributed by atoms with van der Waals surface area (Å²) in [6.45, 7) is 0.657. The molecule has 0 saturated heterocycles. The number of phenols is 1. The summed E-state index contributed by atoms with van der Waals surface area (Å²) in [5, 5.41) is 9.54. The average Bonchev–Trinajstić information content (AvgIpc) is 2.63. The highest BCUT2D eigenvalue weighted by molar-refractivity contribution is 5.54. The molecule has 0 atom stereocenters. The Morgan fingerprint density at radius 3 is 3.14 bits per heavy atom.